The first-order chi connectivity index (χ1) is 9.15. The van der Waals surface area contributed by atoms with E-state index in [1.807, 2.05) is 12.1 Å². The van der Waals surface area contributed by atoms with E-state index in [0.29, 0.717) is 17.9 Å². The van der Waals surface area contributed by atoms with Crippen LogP contribution in [0.3, 0.4) is 0 Å². The number of ether oxygens (including phenoxy) is 1. The first kappa shape index (κ1) is 15.0. The highest BCUT2D eigenvalue weighted by atomic mass is 16.5. The molecule has 0 atom stereocenters. The van der Waals surface area contributed by atoms with Crippen LogP contribution in [0.5, 0.6) is 5.75 Å². The number of rotatable bonds is 8. The Morgan fingerprint density at radius 1 is 1.26 bits per heavy atom. The van der Waals surface area contributed by atoms with Crippen molar-refractivity contribution >= 4 is 17.8 Å². The molecule has 0 radical (unpaired) electrons. The Hall–Kier alpha value is -2.10. The summed E-state index contributed by atoms with van der Waals surface area (Å²) >= 11 is 0. The van der Waals surface area contributed by atoms with Crippen molar-refractivity contribution in [2.24, 2.45) is 0 Å². The predicted octanol–water partition coefficient (Wildman–Crippen LogP) is 2.92. The van der Waals surface area contributed by atoms with Crippen molar-refractivity contribution in [2.75, 3.05) is 6.61 Å². The van der Waals surface area contributed by atoms with Gasteiger partial charge >= 0.3 is 5.97 Å². The van der Waals surface area contributed by atoms with Crippen molar-refractivity contribution < 1.29 is 19.4 Å². The fourth-order valence-electron chi connectivity index (χ4n) is 1.52. The molecule has 0 aliphatic carbocycles. The Labute approximate surface area is 112 Å². The van der Waals surface area contributed by atoms with Gasteiger partial charge in [-0.15, -0.1) is 0 Å². The highest BCUT2D eigenvalue weighted by Crippen LogP contribution is 2.19. The normalized spacial score (nSPS) is 10.6. The Balaban J connectivity index is 2.67. The minimum absolute atomic E-state index is 0.617. The number of hydrogen-bond acceptors (Lipinski definition) is 3. The van der Waals surface area contributed by atoms with E-state index in [9.17, 15) is 9.59 Å². The van der Waals surface area contributed by atoms with Crippen LogP contribution in [0.15, 0.2) is 30.3 Å². The second-order valence-electron chi connectivity index (χ2n) is 4.10. The second kappa shape index (κ2) is 8.08. The van der Waals surface area contributed by atoms with Gasteiger partial charge in [-0.2, -0.15) is 0 Å². The molecular formula is C15H18O4. The largest absolute Gasteiger partial charge is 0.493 e. The average Bonchev–Trinajstić information content (AvgIpc) is 2.42. The van der Waals surface area contributed by atoms with Crippen LogP contribution in [-0.4, -0.2) is 23.5 Å². The van der Waals surface area contributed by atoms with Crippen LogP contribution < -0.4 is 4.74 Å². The van der Waals surface area contributed by atoms with Gasteiger partial charge in [-0.1, -0.05) is 38.0 Å². The molecule has 19 heavy (non-hydrogen) atoms. The molecule has 0 bridgehead atoms. The zero-order chi connectivity index (χ0) is 14.1. The van der Waals surface area contributed by atoms with Crippen molar-refractivity contribution in [1.82, 2.24) is 0 Å². The molecule has 1 aromatic carbocycles. The fourth-order valence-corrected chi connectivity index (χ4v) is 1.52. The Bertz CT molecular complexity index is 463. The van der Waals surface area contributed by atoms with Crippen molar-refractivity contribution in [3.05, 3.63) is 35.9 Å². The standard InChI is InChI=1S/C15H18O4/c1-2-3-6-11-19-14-8-5-4-7-12(14)9-10-13(16)15(17)18/h4-5,7-10H,2-3,6,11H2,1H3,(H,17,18)/b10-9+. The van der Waals surface area contributed by atoms with E-state index in [2.05, 4.69) is 6.92 Å². The van der Waals surface area contributed by atoms with Crippen molar-refractivity contribution in [1.29, 1.82) is 0 Å². The summed E-state index contributed by atoms with van der Waals surface area (Å²) in [5.74, 6) is -1.74. The predicted molar refractivity (Wildman–Crippen MR) is 73.1 cm³/mol. The maximum atomic E-state index is 11.0. The number of para-hydroxylation sites is 1. The number of carbonyl (C=O) groups is 2. The van der Waals surface area contributed by atoms with E-state index in [-0.39, 0.29) is 0 Å². The molecular weight excluding hydrogens is 244 g/mol. The van der Waals surface area contributed by atoms with Gasteiger partial charge in [-0.25, -0.2) is 4.79 Å². The fraction of sp³-hybridized carbons (Fsp3) is 0.333. The highest BCUT2D eigenvalue weighted by molar-refractivity contribution is 6.38. The molecule has 0 aliphatic heterocycles. The Morgan fingerprint density at radius 2 is 2.00 bits per heavy atom. The quantitative estimate of drug-likeness (QED) is 0.444. The number of benzene rings is 1. The summed E-state index contributed by atoms with van der Waals surface area (Å²) in [5.41, 5.74) is 0.702. The van der Waals surface area contributed by atoms with Crippen molar-refractivity contribution in [3.63, 3.8) is 0 Å². The lowest BCUT2D eigenvalue weighted by atomic mass is 10.1. The van der Waals surface area contributed by atoms with Crippen LogP contribution >= 0.6 is 0 Å². The number of unbranched alkanes of at least 4 members (excludes halogenated alkanes) is 2. The minimum atomic E-state index is -1.46. The summed E-state index contributed by atoms with van der Waals surface area (Å²) in [5, 5.41) is 8.50. The van der Waals surface area contributed by atoms with E-state index >= 15 is 0 Å². The summed E-state index contributed by atoms with van der Waals surface area (Å²) in [6, 6.07) is 7.23. The van der Waals surface area contributed by atoms with Gasteiger partial charge in [-0.05, 0) is 24.6 Å². The molecule has 0 heterocycles. The summed E-state index contributed by atoms with van der Waals surface area (Å²) in [4.78, 5) is 21.4. The van der Waals surface area contributed by atoms with Gasteiger partial charge in [-0.3, -0.25) is 4.79 Å². The van der Waals surface area contributed by atoms with Crippen LogP contribution in [0.25, 0.3) is 6.08 Å². The monoisotopic (exact) mass is 262 g/mol. The maximum absolute atomic E-state index is 11.0. The first-order valence-electron chi connectivity index (χ1n) is 6.32. The van der Waals surface area contributed by atoms with Crippen LogP contribution in [0, 0.1) is 0 Å². The summed E-state index contributed by atoms with van der Waals surface area (Å²) in [7, 11) is 0. The average molecular weight is 262 g/mol. The smallest absolute Gasteiger partial charge is 0.376 e. The Morgan fingerprint density at radius 3 is 2.68 bits per heavy atom. The molecule has 0 amide bonds. The van der Waals surface area contributed by atoms with Gasteiger partial charge in [0, 0.05) is 5.56 Å². The minimum Gasteiger partial charge on any atom is -0.493 e. The van der Waals surface area contributed by atoms with E-state index < -0.39 is 11.8 Å². The summed E-state index contributed by atoms with van der Waals surface area (Å²) in [6.07, 6.45) is 5.71. The van der Waals surface area contributed by atoms with Crippen LogP contribution in [0.2, 0.25) is 0 Å². The molecule has 0 fully saturated rings. The van der Waals surface area contributed by atoms with Gasteiger partial charge in [0.25, 0.3) is 5.78 Å². The second-order valence-corrected chi connectivity index (χ2v) is 4.10. The zero-order valence-electron chi connectivity index (χ0n) is 11.0. The van der Waals surface area contributed by atoms with Crippen LogP contribution in [0.4, 0.5) is 0 Å². The number of carboxylic acid groups (broad SMARTS) is 1. The Kier molecular flexibility index (Phi) is 6.36. The highest BCUT2D eigenvalue weighted by Gasteiger charge is 2.06. The lowest BCUT2D eigenvalue weighted by Gasteiger charge is -2.08. The number of carbonyl (C=O) groups excluding carboxylic acids is 1. The molecule has 0 aliphatic rings. The molecule has 0 spiro atoms. The molecule has 1 rings (SSSR count). The lowest BCUT2D eigenvalue weighted by molar-refractivity contribution is -0.146. The first-order valence-corrected chi connectivity index (χ1v) is 6.32. The van der Waals surface area contributed by atoms with Gasteiger partial charge in [0.05, 0.1) is 6.61 Å². The molecule has 1 N–H and O–H groups in total. The zero-order valence-corrected chi connectivity index (χ0v) is 11.0. The summed E-state index contributed by atoms with van der Waals surface area (Å²) in [6.45, 7) is 2.74. The van der Waals surface area contributed by atoms with Gasteiger partial charge in [0.2, 0.25) is 0 Å². The number of hydrogen-bond donors (Lipinski definition) is 1. The molecule has 4 heteroatoms. The number of aliphatic carboxylic acids is 1. The van der Waals surface area contributed by atoms with Crippen molar-refractivity contribution in [3.8, 4) is 5.75 Å². The molecule has 0 saturated carbocycles. The van der Waals surface area contributed by atoms with E-state index in [0.717, 1.165) is 25.3 Å². The SMILES string of the molecule is CCCCCOc1ccccc1/C=C/C(=O)C(=O)O. The third-order valence-corrected chi connectivity index (χ3v) is 2.55. The van der Waals surface area contributed by atoms with Crippen molar-refractivity contribution in [2.45, 2.75) is 26.2 Å². The van der Waals surface area contributed by atoms with Gasteiger partial charge in [0.15, 0.2) is 0 Å². The maximum Gasteiger partial charge on any atom is 0.376 e. The van der Waals surface area contributed by atoms with Gasteiger partial charge < -0.3 is 9.84 Å². The molecule has 102 valence electrons. The molecule has 4 nitrogen and oxygen atoms in total. The van der Waals surface area contributed by atoms with Crippen LogP contribution in [0.1, 0.15) is 31.7 Å². The molecule has 0 unspecified atom stereocenters. The molecule has 0 aromatic heterocycles. The van der Waals surface area contributed by atoms with Crippen LogP contribution in [-0.2, 0) is 9.59 Å². The van der Waals surface area contributed by atoms with Gasteiger partial charge in [0.1, 0.15) is 5.75 Å². The topological polar surface area (TPSA) is 63.6 Å². The molecule has 0 saturated heterocycles. The number of carboxylic acids is 1. The molecule has 1 aromatic rings. The third kappa shape index (κ3) is 5.38. The third-order valence-electron chi connectivity index (χ3n) is 2.55. The van der Waals surface area contributed by atoms with E-state index in [4.69, 9.17) is 9.84 Å². The number of ketones is 1. The summed E-state index contributed by atoms with van der Waals surface area (Å²) < 4.78 is 5.62. The van der Waals surface area contributed by atoms with E-state index in [1.165, 1.54) is 6.08 Å². The van der Waals surface area contributed by atoms with E-state index in [1.54, 1.807) is 12.1 Å². The lowest BCUT2D eigenvalue weighted by Crippen LogP contribution is -2.08.